The second-order valence-corrected chi connectivity index (χ2v) is 10.1. The number of hydrogen-bond acceptors (Lipinski definition) is 6. The largest absolute Gasteiger partial charge is 0.480 e. The van der Waals surface area contributed by atoms with E-state index in [0.717, 1.165) is 17.1 Å². The van der Waals surface area contributed by atoms with E-state index < -0.39 is 24.0 Å². The highest BCUT2D eigenvalue weighted by Crippen LogP contribution is 2.42. The fourth-order valence-corrected chi connectivity index (χ4v) is 6.94. The summed E-state index contributed by atoms with van der Waals surface area (Å²) in [5.41, 5.74) is 1.03. The van der Waals surface area contributed by atoms with Crippen molar-refractivity contribution >= 4 is 41.4 Å². The Balaban J connectivity index is 1.55. The number of thioether (sulfide) groups is 2. The zero-order valence-electron chi connectivity index (χ0n) is 16.0. The van der Waals surface area contributed by atoms with Gasteiger partial charge in [-0.1, -0.05) is 30.3 Å². The van der Waals surface area contributed by atoms with Crippen LogP contribution in [0.2, 0.25) is 0 Å². The molecule has 2 aliphatic heterocycles. The third kappa shape index (κ3) is 5.90. The highest BCUT2D eigenvalue weighted by Gasteiger charge is 2.43. The number of carboxylic acids is 2. The van der Waals surface area contributed by atoms with Gasteiger partial charge < -0.3 is 15.1 Å². The smallest absolute Gasteiger partial charge is 0.326 e. The van der Waals surface area contributed by atoms with E-state index in [-0.39, 0.29) is 18.4 Å². The summed E-state index contributed by atoms with van der Waals surface area (Å²) in [6.45, 7) is 0.247. The van der Waals surface area contributed by atoms with Crippen LogP contribution < -0.4 is 5.32 Å². The van der Waals surface area contributed by atoms with Gasteiger partial charge in [0.25, 0.3) is 0 Å². The molecule has 0 bridgehead atoms. The number of nitrogens with zero attached hydrogens (tertiary/aromatic N) is 1. The molecule has 0 aliphatic carbocycles. The topological polar surface area (TPSA) is 107 Å². The van der Waals surface area contributed by atoms with Crippen molar-refractivity contribution in [3.63, 3.8) is 0 Å². The zero-order chi connectivity index (χ0) is 20.8. The fourth-order valence-electron chi connectivity index (χ4n) is 3.80. The maximum Gasteiger partial charge on any atom is 0.326 e. The Bertz CT molecular complexity index is 727. The molecule has 9 heteroatoms. The Morgan fingerprint density at radius 1 is 1.14 bits per heavy atom. The van der Waals surface area contributed by atoms with Gasteiger partial charge in [-0.25, -0.2) is 4.79 Å². The molecular weight excluding hydrogens is 412 g/mol. The molecule has 29 heavy (non-hydrogen) atoms. The average Bonchev–Trinajstić information content (AvgIpc) is 3.38. The first-order valence-electron chi connectivity index (χ1n) is 9.71. The van der Waals surface area contributed by atoms with Crippen molar-refractivity contribution in [2.24, 2.45) is 5.92 Å². The second-order valence-electron chi connectivity index (χ2n) is 7.30. The number of hydrogen-bond donors (Lipinski definition) is 3. The summed E-state index contributed by atoms with van der Waals surface area (Å²) in [5.74, 6) is -0.0827. The molecule has 0 radical (unpaired) electrons. The number of rotatable bonds is 9. The van der Waals surface area contributed by atoms with Crippen molar-refractivity contribution in [3.8, 4) is 0 Å². The Labute approximate surface area is 178 Å². The second kappa shape index (κ2) is 10.4. The molecule has 2 aliphatic rings. The van der Waals surface area contributed by atoms with E-state index >= 15 is 0 Å². The van der Waals surface area contributed by atoms with E-state index in [9.17, 15) is 24.6 Å². The van der Waals surface area contributed by atoms with Gasteiger partial charge in [0.05, 0.1) is 11.1 Å². The molecule has 7 nitrogen and oxygen atoms in total. The molecule has 1 aromatic carbocycles. The quantitative estimate of drug-likeness (QED) is 0.536. The van der Waals surface area contributed by atoms with Crippen LogP contribution in [-0.2, 0) is 20.8 Å². The monoisotopic (exact) mass is 438 g/mol. The predicted molar refractivity (Wildman–Crippen MR) is 114 cm³/mol. The lowest BCUT2D eigenvalue weighted by molar-refractivity contribution is -0.148. The molecule has 2 saturated heterocycles. The van der Waals surface area contributed by atoms with Crippen molar-refractivity contribution < 1.29 is 24.6 Å². The minimum atomic E-state index is -1.01. The van der Waals surface area contributed by atoms with E-state index in [0.29, 0.717) is 30.4 Å². The number of carboxylic acid groups (broad SMARTS) is 2. The van der Waals surface area contributed by atoms with Gasteiger partial charge in [0.1, 0.15) is 12.1 Å². The number of carbonyl (C=O) groups excluding carboxylic acids is 1. The number of likely N-dealkylation sites (tertiary alicyclic amines) is 1. The number of aliphatic carboxylic acids is 2. The summed E-state index contributed by atoms with van der Waals surface area (Å²) in [4.78, 5) is 37.4. The van der Waals surface area contributed by atoms with Crippen molar-refractivity contribution in [2.75, 3.05) is 24.6 Å². The van der Waals surface area contributed by atoms with Crippen LogP contribution in [0.25, 0.3) is 0 Å². The number of benzene rings is 1. The van der Waals surface area contributed by atoms with E-state index in [4.69, 9.17) is 0 Å². The van der Waals surface area contributed by atoms with Crippen molar-refractivity contribution in [2.45, 2.75) is 35.9 Å². The standard InChI is InChI=1S/C20H26N2O5S2/c23-17(11-21-15(18(24)25)7-6-13-4-2-1-3-5-13)22-12-14(10-16(22)19(26)27)20-28-8-9-29-20/h1-5,14-16,20-21H,6-12H2,(H,24,25)(H,26,27). The summed E-state index contributed by atoms with van der Waals surface area (Å²) in [6.07, 6.45) is 1.40. The van der Waals surface area contributed by atoms with E-state index in [1.54, 1.807) is 0 Å². The molecule has 3 N–H and O–H groups in total. The van der Waals surface area contributed by atoms with Gasteiger partial charge in [0.2, 0.25) is 5.91 Å². The first-order chi connectivity index (χ1) is 14.0. The van der Waals surface area contributed by atoms with E-state index in [1.165, 1.54) is 4.90 Å². The van der Waals surface area contributed by atoms with Crippen molar-refractivity contribution in [1.29, 1.82) is 0 Å². The Morgan fingerprint density at radius 3 is 2.45 bits per heavy atom. The van der Waals surface area contributed by atoms with Crippen LogP contribution in [0.3, 0.4) is 0 Å². The van der Waals surface area contributed by atoms with Crippen LogP contribution in [0.1, 0.15) is 18.4 Å². The minimum Gasteiger partial charge on any atom is -0.480 e. The lowest BCUT2D eigenvalue weighted by atomic mass is 10.1. The number of aryl methyl sites for hydroxylation is 1. The normalized spacial score (nSPS) is 23.2. The van der Waals surface area contributed by atoms with Gasteiger partial charge in [0.15, 0.2) is 0 Å². The molecule has 0 aromatic heterocycles. The van der Waals surface area contributed by atoms with Gasteiger partial charge in [-0.15, -0.1) is 23.5 Å². The van der Waals surface area contributed by atoms with Crippen molar-refractivity contribution in [1.82, 2.24) is 10.2 Å². The van der Waals surface area contributed by atoms with Crippen LogP contribution in [0.5, 0.6) is 0 Å². The molecule has 3 rings (SSSR count). The molecule has 1 amide bonds. The summed E-state index contributed by atoms with van der Waals surface area (Å²) >= 11 is 3.67. The van der Waals surface area contributed by atoms with Crippen LogP contribution in [0.4, 0.5) is 0 Å². The van der Waals surface area contributed by atoms with Gasteiger partial charge in [0, 0.05) is 24.0 Å². The van der Waals surface area contributed by atoms with Crippen molar-refractivity contribution in [3.05, 3.63) is 35.9 Å². The SMILES string of the molecule is O=C(O)C(CCc1ccccc1)NCC(=O)N1CC(C2SCCS2)CC1C(=O)O. The molecule has 0 spiro atoms. The predicted octanol–water partition coefficient (Wildman–Crippen LogP) is 1.77. The van der Waals surface area contributed by atoms with Gasteiger partial charge in [-0.2, -0.15) is 0 Å². The molecule has 1 aromatic rings. The van der Waals surface area contributed by atoms with Gasteiger partial charge in [-0.3, -0.25) is 14.9 Å². The number of nitrogens with one attached hydrogen (secondary N) is 1. The summed E-state index contributed by atoms with van der Waals surface area (Å²) in [7, 11) is 0. The Morgan fingerprint density at radius 2 is 1.83 bits per heavy atom. The van der Waals surface area contributed by atoms with Crippen LogP contribution >= 0.6 is 23.5 Å². The van der Waals surface area contributed by atoms with Gasteiger partial charge in [-0.05, 0) is 24.8 Å². The summed E-state index contributed by atoms with van der Waals surface area (Å²) < 4.78 is 0.334. The first-order valence-corrected chi connectivity index (χ1v) is 11.8. The lowest BCUT2D eigenvalue weighted by Gasteiger charge is -2.23. The van der Waals surface area contributed by atoms with E-state index in [2.05, 4.69) is 5.32 Å². The first kappa shape index (κ1) is 22.0. The van der Waals surface area contributed by atoms with E-state index in [1.807, 2.05) is 53.9 Å². The fraction of sp³-hybridized carbons (Fsp3) is 0.550. The highest BCUT2D eigenvalue weighted by atomic mass is 32.2. The number of amides is 1. The highest BCUT2D eigenvalue weighted by molar-refractivity contribution is 8.20. The molecule has 0 saturated carbocycles. The summed E-state index contributed by atoms with van der Waals surface area (Å²) in [5, 5.41) is 21.8. The lowest BCUT2D eigenvalue weighted by Crippen LogP contribution is -2.48. The average molecular weight is 439 g/mol. The van der Waals surface area contributed by atoms with Crippen LogP contribution in [-0.4, -0.2) is 74.2 Å². The Hall–Kier alpha value is -1.71. The molecule has 3 unspecified atom stereocenters. The van der Waals surface area contributed by atoms with Gasteiger partial charge >= 0.3 is 11.9 Å². The van der Waals surface area contributed by atoms with Crippen LogP contribution in [0, 0.1) is 5.92 Å². The Kier molecular flexibility index (Phi) is 7.85. The zero-order valence-corrected chi connectivity index (χ0v) is 17.7. The third-order valence-corrected chi connectivity index (χ3v) is 8.72. The maximum absolute atomic E-state index is 12.7. The molecule has 158 valence electrons. The summed E-state index contributed by atoms with van der Waals surface area (Å²) in [6, 6.07) is 7.89. The molecule has 2 fully saturated rings. The maximum atomic E-state index is 12.7. The minimum absolute atomic E-state index is 0.158. The number of carbonyl (C=O) groups is 3. The molecule has 3 atom stereocenters. The molecule has 2 heterocycles. The molecular formula is C20H26N2O5S2. The van der Waals surface area contributed by atoms with Crippen LogP contribution in [0.15, 0.2) is 30.3 Å². The third-order valence-electron chi connectivity index (χ3n) is 5.33.